The lowest BCUT2D eigenvalue weighted by atomic mass is 10.1. The molecule has 0 heterocycles. The zero-order valence-electron chi connectivity index (χ0n) is 13.0. The third-order valence-electron chi connectivity index (χ3n) is 3.15. The van der Waals surface area contributed by atoms with E-state index in [0.29, 0.717) is 25.3 Å². The predicted octanol–water partition coefficient (Wildman–Crippen LogP) is 3.87. The van der Waals surface area contributed by atoms with E-state index in [1.807, 2.05) is 43.3 Å². The summed E-state index contributed by atoms with van der Waals surface area (Å²) >= 11 is 0. The van der Waals surface area contributed by atoms with E-state index in [9.17, 15) is 4.79 Å². The lowest BCUT2D eigenvalue weighted by molar-refractivity contribution is 0.0526. The first-order chi connectivity index (χ1) is 10.7. The van der Waals surface area contributed by atoms with Gasteiger partial charge in [0.25, 0.3) is 0 Å². The molecule has 0 bridgehead atoms. The van der Waals surface area contributed by atoms with Crippen molar-refractivity contribution in [2.24, 2.45) is 0 Å². The minimum Gasteiger partial charge on any atom is -0.494 e. The fourth-order valence-corrected chi connectivity index (χ4v) is 2.08. The monoisotopic (exact) mass is 299 g/mol. The van der Waals surface area contributed by atoms with Crippen LogP contribution in [0.2, 0.25) is 0 Å². The van der Waals surface area contributed by atoms with Crippen LogP contribution in [0.25, 0.3) is 0 Å². The molecule has 0 spiro atoms. The maximum Gasteiger partial charge on any atom is 0.338 e. The van der Waals surface area contributed by atoms with Gasteiger partial charge in [0.05, 0.1) is 18.8 Å². The summed E-state index contributed by atoms with van der Waals surface area (Å²) in [6, 6.07) is 15.2. The summed E-state index contributed by atoms with van der Waals surface area (Å²) in [6.07, 6.45) is 0. The molecule has 0 atom stereocenters. The van der Waals surface area contributed by atoms with Crippen molar-refractivity contribution in [1.29, 1.82) is 0 Å². The maximum absolute atomic E-state index is 11.6. The molecule has 0 aliphatic carbocycles. The lowest BCUT2D eigenvalue weighted by Crippen LogP contribution is -2.05. The van der Waals surface area contributed by atoms with Gasteiger partial charge in [-0.15, -0.1) is 0 Å². The van der Waals surface area contributed by atoms with Gasteiger partial charge in [-0.05, 0) is 44.2 Å². The normalized spacial score (nSPS) is 10.1. The first-order valence-electron chi connectivity index (χ1n) is 7.46. The SMILES string of the molecule is CCOC(=O)c1ccc(NCc2ccccc2OCC)cc1. The molecule has 4 nitrogen and oxygen atoms in total. The van der Waals surface area contributed by atoms with Crippen LogP contribution in [0.4, 0.5) is 5.69 Å². The summed E-state index contributed by atoms with van der Waals surface area (Å²) in [6.45, 7) is 5.45. The van der Waals surface area contributed by atoms with Crippen molar-refractivity contribution in [3.8, 4) is 5.75 Å². The number of hydrogen-bond acceptors (Lipinski definition) is 4. The fourth-order valence-electron chi connectivity index (χ4n) is 2.08. The Balaban J connectivity index is 1.99. The van der Waals surface area contributed by atoms with Gasteiger partial charge in [-0.3, -0.25) is 0 Å². The van der Waals surface area contributed by atoms with Crippen LogP contribution in [0.1, 0.15) is 29.8 Å². The molecule has 2 aromatic carbocycles. The summed E-state index contributed by atoms with van der Waals surface area (Å²) in [5.74, 6) is 0.594. The van der Waals surface area contributed by atoms with Gasteiger partial charge in [0, 0.05) is 17.8 Å². The lowest BCUT2D eigenvalue weighted by Gasteiger charge is -2.12. The van der Waals surface area contributed by atoms with Crippen LogP contribution < -0.4 is 10.1 Å². The minimum atomic E-state index is -0.296. The number of hydrogen-bond donors (Lipinski definition) is 1. The number of benzene rings is 2. The number of carbonyl (C=O) groups excluding carboxylic acids is 1. The highest BCUT2D eigenvalue weighted by atomic mass is 16.5. The van der Waals surface area contributed by atoms with E-state index in [0.717, 1.165) is 17.0 Å². The summed E-state index contributed by atoms with van der Waals surface area (Å²) in [5, 5.41) is 3.33. The summed E-state index contributed by atoms with van der Waals surface area (Å²) in [4.78, 5) is 11.6. The Morgan fingerprint density at radius 2 is 1.73 bits per heavy atom. The van der Waals surface area contributed by atoms with Gasteiger partial charge in [-0.1, -0.05) is 18.2 Å². The Morgan fingerprint density at radius 1 is 1.00 bits per heavy atom. The summed E-state index contributed by atoms with van der Waals surface area (Å²) < 4.78 is 10.6. The van der Waals surface area contributed by atoms with Crippen molar-refractivity contribution in [2.45, 2.75) is 20.4 Å². The first kappa shape index (κ1) is 15.9. The van der Waals surface area contributed by atoms with E-state index in [-0.39, 0.29) is 5.97 Å². The molecule has 0 unspecified atom stereocenters. The quantitative estimate of drug-likeness (QED) is 0.788. The molecule has 0 aliphatic heterocycles. The van der Waals surface area contributed by atoms with Gasteiger partial charge >= 0.3 is 5.97 Å². The molecule has 4 heteroatoms. The molecule has 2 aromatic rings. The molecule has 22 heavy (non-hydrogen) atoms. The zero-order valence-corrected chi connectivity index (χ0v) is 13.0. The fraction of sp³-hybridized carbons (Fsp3) is 0.278. The average molecular weight is 299 g/mol. The van der Waals surface area contributed by atoms with Gasteiger partial charge in [-0.2, -0.15) is 0 Å². The highest BCUT2D eigenvalue weighted by Gasteiger charge is 2.06. The number of para-hydroxylation sites is 1. The third kappa shape index (κ3) is 4.25. The van der Waals surface area contributed by atoms with Crippen molar-refractivity contribution in [2.75, 3.05) is 18.5 Å². The van der Waals surface area contributed by atoms with Gasteiger partial charge < -0.3 is 14.8 Å². The van der Waals surface area contributed by atoms with Crippen molar-refractivity contribution >= 4 is 11.7 Å². The highest BCUT2D eigenvalue weighted by molar-refractivity contribution is 5.89. The van der Waals surface area contributed by atoms with Gasteiger partial charge in [0.15, 0.2) is 0 Å². The Labute approximate surface area is 131 Å². The van der Waals surface area contributed by atoms with E-state index in [4.69, 9.17) is 9.47 Å². The second kappa shape index (κ2) is 8.08. The zero-order chi connectivity index (χ0) is 15.8. The second-order valence-corrected chi connectivity index (χ2v) is 4.69. The van der Waals surface area contributed by atoms with Crippen molar-refractivity contribution in [3.05, 3.63) is 59.7 Å². The second-order valence-electron chi connectivity index (χ2n) is 4.69. The Kier molecular flexibility index (Phi) is 5.83. The van der Waals surface area contributed by atoms with E-state index in [1.54, 1.807) is 19.1 Å². The van der Waals surface area contributed by atoms with E-state index in [2.05, 4.69) is 5.32 Å². The summed E-state index contributed by atoms with van der Waals surface area (Å²) in [5.41, 5.74) is 2.60. The highest BCUT2D eigenvalue weighted by Crippen LogP contribution is 2.20. The van der Waals surface area contributed by atoms with Crippen molar-refractivity contribution in [3.63, 3.8) is 0 Å². The first-order valence-corrected chi connectivity index (χ1v) is 7.46. The smallest absolute Gasteiger partial charge is 0.338 e. The molecule has 0 saturated heterocycles. The molecule has 0 radical (unpaired) electrons. The minimum absolute atomic E-state index is 0.296. The van der Waals surface area contributed by atoms with Crippen LogP contribution in [0.15, 0.2) is 48.5 Å². The molecular weight excluding hydrogens is 278 g/mol. The van der Waals surface area contributed by atoms with Crippen LogP contribution >= 0.6 is 0 Å². The maximum atomic E-state index is 11.6. The van der Waals surface area contributed by atoms with Gasteiger partial charge in [-0.25, -0.2) is 4.79 Å². The van der Waals surface area contributed by atoms with E-state index in [1.165, 1.54) is 0 Å². The Hall–Kier alpha value is -2.49. The molecule has 0 aliphatic rings. The van der Waals surface area contributed by atoms with Crippen LogP contribution in [-0.2, 0) is 11.3 Å². The number of carbonyl (C=O) groups is 1. The van der Waals surface area contributed by atoms with E-state index >= 15 is 0 Å². The number of anilines is 1. The topological polar surface area (TPSA) is 47.6 Å². The summed E-state index contributed by atoms with van der Waals surface area (Å²) in [7, 11) is 0. The molecule has 1 N–H and O–H groups in total. The third-order valence-corrected chi connectivity index (χ3v) is 3.15. The largest absolute Gasteiger partial charge is 0.494 e. The Bertz CT molecular complexity index is 608. The predicted molar refractivity (Wildman–Crippen MR) is 87.3 cm³/mol. The molecule has 0 aromatic heterocycles. The Morgan fingerprint density at radius 3 is 2.41 bits per heavy atom. The number of rotatable bonds is 7. The van der Waals surface area contributed by atoms with Gasteiger partial charge in [0.2, 0.25) is 0 Å². The number of esters is 1. The molecule has 0 amide bonds. The molecule has 0 fully saturated rings. The van der Waals surface area contributed by atoms with Crippen LogP contribution in [-0.4, -0.2) is 19.2 Å². The molecular formula is C18H21NO3. The van der Waals surface area contributed by atoms with Crippen molar-refractivity contribution in [1.82, 2.24) is 0 Å². The van der Waals surface area contributed by atoms with Crippen LogP contribution in [0.5, 0.6) is 5.75 Å². The van der Waals surface area contributed by atoms with Crippen molar-refractivity contribution < 1.29 is 14.3 Å². The van der Waals surface area contributed by atoms with E-state index < -0.39 is 0 Å². The number of nitrogens with one attached hydrogen (secondary N) is 1. The van der Waals surface area contributed by atoms with Crippen LogP contribution in [0.3, 0.4) is 0 Å². The molecule has 2 rings (SSSR count). The molecule has 0 saturated carbocycles. The standard InChI is InChI=1S/C18H21NO3/c1-3-21-17-8-6-5-7-15(17)13-19-16-11-9-14(10-12-16)18(20)22-4-2/h5-12,19H,3-4,13H2,1-2H3. The average Bonchev–Trinajstić information content (AvgIpc) is 2.55. The number of ether oxygens (including phenoxy) is 2. The molecule has 116 valence electrons. The van der Waals surface area contributed by atoms with Gasteiger partial charge in [0.1, 0.15) is 5.75 Å². The van der Waals surface area contributed by atoms with Crippen LogP contribution in [0, 0.1) is 0 Å².